The van der Waals surface area contributed by atoms with E-state index in [2.05, 4.69) is 6.08 Å². The molecule has 2 aromatic rings. The molecule has 0 aromatic heterocycles. The molecule has 30 heavy (non-hydrogen) atoms. The molecule has 0 bridgehead atoms. The first-order chi connectivity index (χ1) is 14.3. The number of piperidine rings is 1. The van der Waals surface area contributed by atoms with Crippen LogP contribution in [-0.4, -0.2) is 26.3 Å². The van der Waals surface area contributed by atoms with E-state index >= 15 is 0 Å². The number of rotatable bonds is 3. The summed E-state index contributed by atoms with van der Waals surface area (Å²) < 4.78 is 31.0. The normalized spacial score (nSPS) is 25.3. The lowest BCUT2D eigenvalue weighted by Crippen LogP contribution is -2.48. The average molecular weight is 424 g/mol. The van der Waals surface area contributed by atoms with E-state index in [1.54, 1.807) is 30.3 Å². The van der Waals surface area contributed by atoms with Crippen molar-refractivity contribution in [1.29, 1.82) is 0 Å². The van der Waals surface area contributed by atoms with Gasteiger partial charge in [-0.05, 0) is 68.0 Å². The number of carbonyl (C=O) groups excluding carboxylic acids is 1. The lowest BCUT2D eigenvalue weighted by molar-refractivity contribution is -0.139. The maximum absolute atomic E-state index is 12.8. The van der Waals surface area contributed by atoms with Crippen molar-refractivity contribution in [3.05, 3.63) is 64.7 Å². The molecule has 6 heteroatoms. The van der Waals surface area contributed by atoms with Crippen LogP contribution < -0.4 is 4.18 Å². The van der Waals surface area contributed by atoms with Crippen molar-refractivity contribution in [2.24, 2.45) is 5.41 Å². The maximum Gasteiger partial charge on any atom is 0.339 e. The summed E-state index contributed by atoms with van der Waals surface area (Å²) in [6.45, 7) is 1.91. The van der Waals surface area contributed by atoms with Crippen LogP contribution >= 0.6 is 0 Å². The predicted octanol–water partition coefficient (Wildman–Crippen LogP) is 4.62. The van der Waals surface area contributed by atoms with Gasteiger partial charge in [0.1, 0.15) is 10.6 Å². The van der Waals surface area contributed by atoms with Crippen LogP contribution in [0, 0.1) is 12.3 Å². The Bertz CT molecular complexity index is 1170. The molecule has 5 nitrogen and oxygen atoms in total. The van der Waals surface area contributed by atoms with Crippen molar-refractivity contribution in [1.82, 2.24) is 4.90 Å². The Balaban J connectivity index is 1.55. The Kier molecular flexibility index (Phi) is 4.33. The number of nitrogens with zero attached hydrogens (tertiary/aromatic N) is 1. The molecule has 0 radical (unpaired) electrons. The smallest absolute Gasteiger partial charge is 0.339 e. The first-order valence-electron chi connectivity index (χ1n) is 10.4. The van der Waals surface area contributed by atoms with Crippen LogP contribution in [0.4, 0.5) is 0 Å². The van der Waals surface area contributed by atoms with Gasteiger partial charge in [0.05, 0.1) is 6.04 Å². The van der Waals surface area contributed by atoms with Gasteiger partial charge in [0, 0.05) is 18.9 Å². The number of aryl methyl sites for hydroxylation is 1. The highest BCUT2D eigenvalue weighted by Crippen LogP contribution is 2.61. The summed E-state index contributed by atoms with van der Waals surface area (Å²) in [6.07, 6.45) is 6.94. The standard InChI is InChI=1S/C24H25NO4S/c1-16-5-9-20(10-6-16)30(27,28)29-19-8-7-17-14-18-4-3-12-24(18)13-11-22(26)25(2)23(24)21(17)15-19/h5-10,14-15,23H,3-4,11-13H2,1-2H3/t23-,24+/m0/s1. The number of hydrogen-bond donors (Lipinski definition) is 0. The van der Waals surface area contributed by atoms with Gasteiger partial charge in [-0.1, -0.05) is 35.4 Å². The lowest BCUT2D eigenvalue weighted by atomic mass is 9.63. The predicted molar refractivity (Wildman–Crippen MR) is 114 cm³/mol. The van der Waals surface area contributed by atoms with Gasteiger partial charge >= 0.3 is 10.1 Å². The molecule has 0 unspecified atom stereocenters. The summed E-state index contributed by atoms with van der Waals surface area (Å²) in [5, 5.41) is 0. The number of fused-ring (bicyclic) bond motifs is 2. The minimum atomic E-state index is -3.93. The van der Waals surface area contributed by atoms with Crippen molar-refractivity contribution < 1.29 is 17.4 Å². The van der Waals surface area contributed by atoms with Crippen molar-refractivity contribution in [2.45, 2.75) is 50.0 Å². The third-order valence-corrected chi connectivity index (χ3v) is 8.26. The van der Waals surface area contributed by atoms with Crippen molar-refractivity contribution >= 4 is 22.1 Å². The second kappa shape index (κ2) is 6.71. The lowest BCUT2D eigenvalue weighted by Gasteiger charge is -2.50. The molecule has 2 aromatic carbocycles. The molecule has 2 atom stereocenters. The third-order valence-electron chi connectivity index (χ3n) is 7.00. The van der Waals surface area contributed by atoms with E-state index in [0.29, 0.717) is 6.42 Å². The van der Waals surface area contributed by atoms with Crippen LogP contribution in [0.5, 0.6) is 5.75 Å². The first kappa shape index (κ1) is 19.4. The van der Waals surface area contributed by atoms with Crippen LogP contribution in [0.3, 0.4) is 0 Å². The summed E-state index contributed by atoms with van der Waals surface area (Å²) in [6, 6.07) is 12.0. The minimum Gasteiger partial charge on any atom is -0.379 e. The second-order valence-electron chi connectivity index (χ2n) is 8.73. The topological polar surface area (TPSA) is 63.7 Å². The third kappa shape index (κ3) is 2.88. The highest BCUT2D eigenvalue weighted by atomic mass is 32.2. The van der Waals surface area contributed by atoms with E-state index in [9.17, 15) is 13.2 Å². The molecule has 1 saturated heterocycles. The van der Waals surface area contributed by atoms with Crippen LogP contribution in [-0.2, 0) is 14.9 Å². The molecule has 1 saturated carbocycles. The summed E-state index contributed by atoms with van der Waals surface area (Å²) in [5.74, 6) is 0.425. The zero-order valence-corrected chi connectivity index (χ0v) is 18.0. The van der Waals surface area contributed by atoms with Crippen LogP contribution in [0.25, 0.3) is 6.08 Å². The summed E-state index contributed by atoms with van der Waals surface area (Å²) in [7, 11) is -2.05. The van der Waals surface area contributed by atoms with E-state index < -0.39 is 10.1 Å². The van der Waals surface area contributed by atoms with Crippen molar-refractivity contribution in [3.63, 3.8) is 0 Å². The van der Waals surface area contributed by atoms with Gasteiger partial charge in [0.15, 0.2) is 0 Å². The van der Waals surface area contributed by atoms with Gasteiger partial charge in [-0.15, -0.1) is 0 Å². The number of likely N-dealkylation sites (tertiary alicyclic amines) is 1. The van der Waals surface area contributed by atoms with Crippen LogP contribution in [0.15, 0.2) is 52.9 Å². The molecule has 156 valence electrons. The molecule has 2 fully saturated rings. The molecule has 3 aliphatic rings. The Morgan fingerprint density at radius 3 is 2.60 bits per heavy atom. The molecular formula is C24H25NO4S. The summed E-state index contributed by atoms with van der Waals surface area (Å²) in [5.41, 5.74) is 4.42. The Labute approximate surface area is 177 Å². The highest BCUT2D eigenvalue weighted by molar-refractivity contribution is 7.87. The fourth-order valence-electron chi connectivity index (χ4n) is 5.52. The zero-order chi connectivity index (χ0) is 21.1. The molecular weight excluding hydrogens is 398 g/mol. The molecule has 0 N–H and O–H groups in total. The van der Waals surface area contributed by atoms with E-state index in [1.807, 2.05) is 31.0 Å². The second-order valence-corrected chi connectivity index (χ2v) is 10.3. The van der Waals surface area contributed by atoms with E-state index in [-0.39, 0.29) is 28.0 Å². The SMILES string of the molecule is Cc1ccc(S(=O)(=O)Oc2ccc3c(c2)[C@@H]2N(C)C(=O)CC[C@@]24CCCC4=C3)cc1. The minimum absolute atomic E-state index is 0.0237. The summed E-state index contributed by atoms with van der Waals surface area (Å²) >= 11 is 0. The number of hydrogen-bond acceptors (Lipinski definition) is 4. The number of carbonyl (C=O) groups is 1. The molecule has 1 heterocycles. The van der Waals surface area contributed by atoms with Gasteiger partial charge in [0.25, 0.3) is 0 Å². The maximum atomic E-state index is 12.8. The Morgan fingerprint density at radius 1 is 1.07 bits per heavy atom. The van der Waals surface area contributed by atoms with Gasteiger partial charge in [-0.2, -0.15) is 8.42 Å². The molecule has 2 aliphatic carbocycles. The van der Waals surface area contributed by atoms with Gasteiger partial charge in [0.2, 0.25) is 5.91 Å². The highest BCUT2D eigenvalue weighted by Gasteiger charge is 2.53. The zero-order valence-electron chi connectivity index (χ0n) is 17.2. The number of benzene rings is 2. The molecule has 1 amide bonds. The quantitative estimate of drug-likeness (QED) is 0.676. The van der Waals surface area contributed by atoms with E-state index in [0.717, 1.165) is 42.4 Å². The van der Waals surface area contributed by atoms with Gasteiger partial charge in [-0.3, -0.25) is 4.79 Å². The molecule has 1 aliphatic heterocycles. The average Bonchev–Trinajstić information content (AvgIpc) is 3.12. The monoisotopic (exact) mass is 423 g/mol. The van der Waals surface area contributed by atoms with Gasteiger partial charge in [-0.25, -0.2) is 0 Å². The Morgan fingerprint density at radius 2 is 1.83 bits per heavy atom. The molecule has 5 rings (SSSR count). The van der Waals surface area contributed by atoms with Crippen molar-refractivity contribution in [3.8, 4) is 5.75 Å². The Hall–Kier alpha value is -2.60. The first-order valence-corrected chi connectivity index (χ1v) is 11.8. The van der Waals surface area contributed by atoms with E-state index in [4.69, 9.17) is 4.18 Å². The summed E-state index contributed by atoms with van der Waals surface area (Å²) in [4.78, 5) is 14.5. The van der Waals surface area contributed by atoms with Crippen molar-refractivity contribution in [2.75, 3.05) is 7.05 Å². The van der Waals surface area contributed by atoms with E-state index in [1.165, 1.54) is 5.57 Å². The van der Waals surface area contributed by atoms with Crippen LogP contribution in [0.1, 0.15) is 54.8 Å². The fraction of sp³-hybridized carbons (Fsp3) is 0.375. The number of amides is 1. The fourth-order valence-corrected chi connectivity index (χ4v) is 6.44. The largest absolute Gasteiger partial charge is 0.379 e. The molecule has 1 spiro atoms. The van der Waals surface area contributed by atoms with Crippen LogP contribution in [0.2, 0.25) is 0 Å². The van der Waals surface area contributed by atoms with Gasteiger partial charge < -0.3 is 9.08 Å².